The van der Waals surface area contributed by atoms with Crippen molar-refractivity contribution in [2.24, 2.45) is 0 Å². The van der Waals surface area contributed by atoms with Gasteiger partial charge in [-0.15, -0.1) is 0 Å². The number of fused-ring (bicyclic) bond motifs is 5. The summed E-state index contributed by atoms with van der Waals surface area (Å²) in [7, 11) is 0. The van der Waals surface area contributed by atoms with Crippen molar-refractivity contribution in [3.8, 4) is 33.9 Å². The summed E-state index contributed by atoms with van der Waals surface area (Å²) in [6, 6.07) is 5.75. The second-order valence-corrected chi connectivity index (χ2v) is 6.55. The Morgan fingerprint density at radius 1 is 0.885 bits per heavy atom. The van der Waals surface area contributed by atoms with Crippen LogP contribution in [0.1, 0.15) is 0 Å². The van der Waals surface area contributed by atoms with Crippen molar-refractivity contribution in [3.05, 3.63) is 59.2 Å². The average Bonchev–Trinajstić information content (AvgIpc) is 3.02. The molecule has 1 aliphatic rings. The predicted molar refractivity (Wildman–Crippen MR) is 102 cm³/mol. The maximum absolute atomic E-state index is 6.32. The molecule has 0 radical (unpaired) electrons. The first kappa shape index (κ1) is 15.3. The lowest BCUT2D eigenvalue weighted by Crippen LogP contribution is -1.95. The largest absolute Gasteiger partial charge is 0.339 e. The fourth-order valence-electron chi connectivity index (χ4n) is 3.05. The van der Waals surface area contributed by atoms with Gasteiger partial charge in [0.1, 0.15) is 17.3 Å². The van der Waals surface area contributed by atoms with Gasteiger partial charge in [0, 0.05) is 42.1 Å². The molecule has 126 valence electrons. The highest BCUT2D eigenvalue weighted by Crippen LogP contribution is 2.44. The summed E-state index contributed by atoms with van der Waals surface area (Å²) in [6.45, 7) is 0. The van der Waals surface area contributed by atoms with E-state index >= 15 is 0 Å². The molecule has 5 rings (SSSR count). The van der Waals surface area contributed by atoms with E-state index in [0.717, 1.165) is 34.0 Å². The molecule has 0 aromatic carbocycles. The fourth-order valence-corrected chi connectivity index (χ4v) is 3.59. The zero-order valence-electron chi connectivity index (χ0n) is 13.2. The SMILES string of the molecule is Clc1cncc(Cl)c1-c1nc2c([nH]1)-c1cccnc1Nc1ccncc1-2. The Labute approximate surface area is 158 Å². The molecule has 4 aromatic heterocycles. The van der Waals surface area contributed by atoms with Gasteiger partial charge >= 0.3 is 0 Å². The molecule has 1 aliphatic heterocycles. The zero-order chi connectivity index (χ0) is 17.7. The van der Waals surface area contributed by atoms with Gasteiger partial charge in [-0.25, -0.2) is 9.97 Å². The molecule has 0 saturated carbocycles. The molecule has 26 heavy (non-hydrogen) atoms. The van der Waals surface area contributed by atoms with Crippen molar-refractivity contribution in [2.75, 3.05) is 5.32 Å². The number of H-pyrrole nitrogens is 1. The molecule has 6 nitrogen and oxygen atoms in total. The van der Waals surface area contributed by atoms with E-state index in [1.165, 1.54) is 0 Å². The molecule has 0 atom stereocenters. The van der Waals surface area contributed by atoms with Crippen molar-refractivity contribution < 1.29 is 0 Å². The minimum Gasteiger partial charge on any atom is -0.339 e. The Bertz CT molecular complexity index is 1070. The third-order valence-electron chi connectivity index (χ3n) is 4.20. The summed E-state index contributed by atoms with van der Waals surface area (Å²) in [5, 5.41) is 4.20. The Hall–Kier alpha value is -2.96. The van der Waals surface area contributed by atoms with Crippen LogP contribution in [-0.4, -0.2) is 24.9 Å². The number of pyridine rings is 3. The molecule has 0 aliphatic carbocycles. The lowest BCUT2D eigenvalue weighted by molar-refractivity contribution is 1.25. The lowest BCUT2D eigenvalue weighted by atomic mass is 10.1. The number of halogens is 2. The van der Waals surface area contributed by atoms with Gasteiger partial charge in [-0.3, -0.25) is 9.97 Å². The van der Waals surface area contributed by atoms with Crippen molar-refractivity contribution >= 4 is 34.7 Å². The van der Waals surface area contributed by atoms with Crippen LogP contribution >= 0.6 is 23.2 Å². The molecule has 0 bridgehead atoms. The molecular weight excluding hydrogens is 371 g/mol. The van der Waals surface area contributed by atoms with E-state index in [9.17, 15) is 0 Å². The van der Waals surface area contributed by atoms with Crippen LogP contribution in [0.3, 0.4) is 0 Å². The van der Waals surface area contributed by atoms with E-state index in [0.29, 0.717) is 21.4 Å². The Morgan fingerprint density at radius 3 is 2.58 bits per heavy atom. The van der Waals surface area contributed by atoms with Crippen LogP contribution in [0.5, 0.6) is 0 Å². The van der Waals surface area contributed by atoms with Crippen LogP contribution in [0, 0.1) is 0 Å². The Kier molecular flexibility index (Phi) is 3.41. The van der Waals surface area contributed by atoms with Crippen molar-refractivity contribution in [1.82, 2.24) is 24.9 Å². The van der Waals surface area contributed by atoms with Gasteiger partial charge in [0.2, 0.25) is 0 Å². The number of rotatable bonds is 1. The van der Waals surface area contributed by atoms with Crippen LogP contribution in [-0.2, 0) is 0 Å². The highest BCUT2D eigenvalue weighted by Gasteiger charge is 2.25. The summed E-state index contributed by atoms with van der Waals surface area (Å²) in [5.41, 5.74) is 4.84. The van der Waals surface area contributed by atoms with Crippen molar-refractivity contribution in [1.29, 1.82) is 0 Å². The molecule has 4 aromatic rings. The van der Waals surface area contributed by atoms with E-state index in [-0.39, 0.29) is 0 Å². The minimum absolute atomic E-state index is 0.428. The molecule has 0 saturated heterocycles. The van der Waals surface area contributed by atoms with Gasteiger partial charge in [-0.2, -0.15) is 0 Å². The van der Waals surface area contributed by atoms with Crippen LogP contribution < -0.4 is 5.32 Å². The van der Waals surface area contributed by atoms with Crippen LogP contribution in [0.4, 0.5) is 11.5 Å². The van der Waals surface area contributed by atoms with Crippen molar-refractivity contribution in [3.63, 3.8) is 0 Å². The number of imidazole rings is 1. The predicted octanol–water partition coefficient (Wildman–Crippen LogP) is 4.96. The highest BCUT2D eigenvalue weighted by molar-refractivity contribution is 6.38. The second kappa shape index (κ2) is 5.79. The van der Waals surface area contributed by atoms with Crippen LogP contribution in [0.2, 0.25) is 10.0 Å². The molecule has 2 N–H and O–H groups in total. The van der Waals surface area contributed by atoms with Gasteiger partial charge < -0.3 is 10.3 Å². The van der Waals surface area contributed by atoms with Gasteiger partial charge in [0.05, 0.1) is 27.0 Å². The van der Waals surface area contributed by atoms with Crippen molar-refractivity contribution in [2.45, 2.75) is 0 Å². The fraction of sp³-hybridized carbons (Fsp3) is 0. The second-order valence-electron chi connectivity index (χ2n) is 5.73. The van der Waals surface area contributed by atoms with E-state index in [2.05, 4.69) is 25.3 Å². The highest BCUT2D eigenvalue weighted by atomic mass is 35.5. The topological polar surface area (TPSA) is 79.4 Å². The maximum atomic E-state index is 6.32. The summed E-state index contributed by atoms with van der Waals surface area (Å²) < 4.78 is 0. The molecule has 0 spiro atoms. The maximum Gasteiger partial charge on any atom is 0.141 e. The van der Waals surface area contributed by atoms with E-state index in [4.69, 9.17) is 28.2 Å². The number of nitrogens with zero attached hydrogens (tertiary/aromatic N) is 4. The first-order valence-corrected chi connectivity index (χ1v) is 8.54. The molecular formula is C18H10Cl2N6. The number of hydrogen-bond donors (Lipinski definition) is 2. The average molecular weight is 381 g/mol. The number of aromatic amines is 1. The minimum atomic E-state index is 0.428. The number of nitrogens with one attached hydrogen (secondary N) is 2. The monoisotopic (exact) mass is 380 g/mol. The summed E-state index contributed by atoms with van der Waals surface area (Å²) >= 11 is 12.6. The van der Waals surface area contributed by atoms with Gasteiger partial charge in [-0.05, 0) is 18.2 Å². The number of anilines is 2. The normalized spacial score (nSPS) is 11.8. The summed E-state index contributed by atoms with van der Waals surface area (Å²) in [6.07, 6.45) is 8.33. The Balaban J connectivity index is 1.84. The third-order valence-corrected chi connectivity index (χ3v) is 4.77. The van der Waals surface area contributed by atoms with Crippen LogP contribution in [0.15, 0.2) is 49.2 Å². The number of aromatic nitrogens is 5. The molecule has 0 amide bonds. The lowest BCUT2D eigenvalue weighted by Gasteiger charge is -2.08. The zero-order valence-corrected chi connectivity index (χ0v) is 14.7. The van der Waals surface area contributed by atoms with E-state index in [1.807, 2.05) is 18.2 Å². The van der Waals surface area contributed by atoms with E-state index in [1.54, 1.807) is 31.0 Å². The van der Waals surface area contributed by atoms with Gasteiger partial charge in [0.15, 0.2) is 0 Å². The van der Waals surface area contributed by atoms with Gasteiger partial charge in [0.25, 0.3) is 0 Å². The van der Waals surface area contributed by atoms with E-state index < -0.39 is 0 Å². The quantitative estimate of drug-likeness (QED) is 0.429. The summed E-state index contributed by atoms with van der Waals surface area (Å²) in [4.78, 5) is 20.8. The molecule has 0 fully saturated rings. The molecule has 0 unspecified atom stereocenters. The van der Waals surface area contributed by atoms with Gasteiger partial charge in [-0.1, -0.05) is 23.2 Å². The summed E-state index contributed by atoms with van der Waals surface area (Å²) in [5.74, 6) is 1.31. The van der Waals surface area contributed by atoms with Crippen LogP contribution in [0.25, 0.3) is 33.9 Å². The molecule has 5 heterocycles. The first-order valence-electron chi connectivity index (χ1n) is 7.78. The first-order chi connectivity index (χ1) is 12.7. The number of hydrogen-bond acceptors (Lipinski definition) is 5. The molecule has 8 heteroatoms. The third kappa shape index (κ3) is 2.27. The standard InChI is InChI=1S/C18H10Cl2N6/c19-11-7-22-8-12(20)14(11)18-25-15-9-2-1-4-23-17(9)24-13-3-5-21-6-10(13)16(15)26-18/h1-8H,(H,23,24)(H,25,26). The smallest absolute Gasteiger partial charge is 0.141 e. The Morgan fingerprint density at radius 2 is 1.73 bits per heavy atom.